The van der Waals surface area contributed by atoms with Gasteiger partial charge in [-0.2, -0.15) is 17.9 Å². The lowest BCUT2D eigenvalue weighted by Gasteiger charge is -2.37. The predicted molar refractivity (Wildman–Crippen MR) is 137 cm³/mol. The topological polar surface area (TPSA) is 116 Å². The number of pyridine rings is 2. The van der Waals surface area contributed by atoms with Gasteiger partial charge in [-0.1, -0.05) is 18.2 Å². The Bertz CT molecular complexity index is 1400. The molecule has 4 unspecified atom stereocenters. The SMILES string of the molecule is OC(C(F)c1ccc(-c2ccc(N3CCN(c4ccc(C(O)C(F)(F)F)nc4)CC3)cc2)cn1)C(F)n1cnnn1. The highest BCUT2D eigenvalue weighted by Crippen LogP contribution is 2.33. The van der Waals surface area contributed by atoms with E-state index in [2.05, 4.69) is 30.4 Å². The Morgan fingerprint density at radius 2 is 1.32 bits per heavy atom. The summed E-state index contributed by atoms with van der Waals surface area (Å²) in [4.78, 5) is 12.0. The molecule has 0 spiro atoms. The van der Waals surface area contributed by atoms with Gasteiger partial charge in [0.25, 0.3) is 0 Å². The van der Waals surface area contributed by atoms with Crippen LogP contribution in [0, 0.1) is 0 Å². The summed E-state index contributed by atoms with van der Waals surface area (Å²) in [6.45, 7) is 2.59. The van der Waals surface area contributed by atoms with E-state index in [-0.39, 0.29) is 5.69 Å². The second kappa shape index (κ2) is 11.7. The van der Waals surface area contributed by atoms with Crippen molar-refractivity contribution in [1.29, 1.82) is 0 Å². The highest BCUT2D eigenvalue weighted by Gasteiger charge is 2.40. The summed E-state index contributed by atoms with van der Waals surface area (Å²) >= 11 is 0. The Kier molecular flexibility index (Phi) is 8.08. The molecule has 0 bridgehead atoms. The number of anilines is 2. The van der Waals surface area contributed by atoms with Crippen molar-refractivity contribution in [3.63, 3.8) is 0 Å². The molecule has 41 heavy (non-hydrogen) atoms. The maximum Gasteiger partial charge on any atom is 0.420 e. The monoisotopic (exact) mass is 576 g/mol. The smallest absolute Gasteiger partial charge is 0.385 e. The number of tetrazole rings is 1. The second-order valence-electron chi connectivity index (χ2n) is 9.43. The highest BCUT2D eigenvalue weighted by molar-refractivity contribution is 5.66. The van der Waals surface area contributed by atoms with E-state index >= 15 is 0 Å². The van der Waals surface area contributed by atoms with Gasteiger partial charge in [-0.3, -0.25) is 9.97 Å². The van der Waals surface area contributed by atoms with Crippen LogP contribution in [0.1, 0.15) is 30.0 Å². The van der Waals surface area contributed by atoms with E-state index in [1.54, 1.807) is 6.07 Å². The Hall–Kier alpha value is -4.24. The zero-order valence-corrected chi connectivity index (χ0v) is 21.4. The minimum Gasteiger partial charge on any atom is -0.385 e. The van der Waals surface area contributed by atoms with E-state index in [1.807, 2.05) is 29.2 Å². The Balaban J connectivity index is 1.16. The van der Waals surface area contributed by atoms with Crippen molar-refractivity contribution in [2.45, 2.75) is 30.9 Å². The lowest BCUT2D eigenvalue weighted by Crippen LogP contribution is -2.46. The van der Waals surface area contributed by atoms with Crippen LogP contribution in [-0.4, -0.2) is 78.8 Å². The molecule has 2 N–H and O–H groups in total. The lowest BCUT2D eigenvalue weighted by molar-refractivity contribution is -0.207. The van der Waals surface area contributed by atoms with E-state index in [4.69, 9.17) is 0 Å². The molecule has 1 aromatic carbocycles. The molecule has 3 aromatic heterocycles. The van der Waals surface area contributed by atoms with Gasteiger partial charge in [-0.05, 0) is 46.3 Å². The van der Waals surface area contributed by atoms with Gasteiger partial charge in [0.2, 0.25) is 6.30 Å². The third-order valence-electron chi connectivity index (χ3n) is 6.84. The summed E-state index contributed by atoms with van der Waals surface area (Å²) < 4.78 is 67.7. The molecule has 4 atom stereocenters. The zero-order chi connectivity index (χ0) is 29.1. The number of alkyl halides is 5. The number of halogens is 5. The average molecular weight is 577 g/mol. The first-order chi connectivity index (χ1) is 19.6. The fraction of sp³-hybridized carbons (Fsp3) is 0.346. The number of aromatic nitrogens is 6. The third kappa shape index (κ3) is 6.25. The van der Waals surface area contributed by atoms with Crippen molar-refractivity contribution < 1.29 is 32.2 Å². The summed E-state index contributed by atoms with van der Waals surface area (Å²) in [5.74, 6) is 0. The molecular formula is C26H25F5N8O2. The largest absolute Gasteiger partial charge is 0.420 e. The number of hydrogen-bond acceptors (Lipinski definition) is 9. The molecule has 4 aromatic rings. The molecule has 15 heteroatoms. The van der Waals surface area contributed by atoms with Crippen LogP contribution in [0.5, 0.6) is 0 Å². The van der Waals surface area contributed by atoms with Crippen LogP contribution in [0.3, 0.4) is 0 Å². The van der Waals surface area contributed by atoms with Gasteiger partial charge in [0.1, 0.15) is 12.4 Å². The summed E-state index contributed by atoms with van der Waals surface area (Å²) in [5.41, 5.74) is 2.61. The molecule has 1 aliphatic rings. The minimum absolute atomic E-state index is 0.132. The van der Waals surface area contributed by atoms with E-state index < -0.39 is 36.5 Å². The fourth-order valence-corrected chi connectivity index (χ4v) is 4.49. The summed E-state index contributed by atoms with van der Waals surface area (Å²) in [5, 5.41) is 29.2. The molecule has 0 saturated carbocycles. The number of rotatable bonds is 8. The second-order valence-corrected chi connectivity index (χ2v) is 9.43. The van der Waals surface area contributed by atoms with Crippen LogP contribution in [0.4, 0.5) is 33.3 Å². The molecule has 1 fully saturated rings. The van der Waals surface area contributed by atoms with Gasteiger partial charge < -0.3 is 20.0 Å². The zero-order valence-electron chi connectivity index (χ0n) is 21.4. The number of piperazine rings is 1. The fourth-order valence-electron chi connectivity index (χ4n) is 4.49. The number of nitrogens with zero attached hydrogens (tertiary/aromatic N) is 8. The first-order valence-corrected chi connectivity index (χ1v) is 12.6. The van der Waals surface area contributed by atoms with E-state index in [0.29, 0.717) is 42.1 Å². The third-order valence-corrected chi connectivity index (χ3v) is 6.84. The predicted octanol–water partition coefficient (Wildman–Crippen LogP) is 3.59. The number of hydrogen-bond donors (Lipinski definition) is 2. The highest BCUT2D eigenvalue weighted by atomic mass is 19.4. The van der Waals surface area contributed by atoms with Gasteiger partial charge in [-0.25, -0.2) is 8.78 Å². The molecule has 216 valence electrons. The molecule has 0 amide bonds. The van der Waals surface area contributed by atoms with Crippen molar-refractivity contribution in [1.82, 2.24) is 30.2 Å². The van der Waals surface area contributed by atoms with Crippen LogP contribution in [0.25, 0.3) is 11.1 Å². The maximum absolute atomic E-state index is 14.7. The molecule has 1 aliphatic heterocycles. The molecule has 1 saturated heterocycles. The molecule has 5 rings (SSSR count). The van der Waals surface area contributed by atoms with Crippen molar-refractivity contribution in [2.24, 2.45) is 0 Å². The van der Waals surface area contributed by atoms with E-state index in [1.165, 1.54) is 30.6 Å². The van der Waals surface area contributed by atoms with Gasteiger partial charge in [-0.15, -0.1) is 5.10 Å². The van der Waals surface area contributed by atoms with Crippen LogP contribution in [0.15, 0.2) is 67.3 Å². The molecule has 0 radical (unpaired) electrons. The van der Waals surface area contributed by atoms with Crippen molar-refractivity contribution in [3.8, 4) is 11.1 Å². The normalized spacial score (nSPS) is 17.2. The summed E-state index contributed by atoms with van der Waals surface area (Å²) in [6.07, 6.45) is -9.98. The van der Waals surface area contributed by atoms with E-state index in [9.17, 15) is 32.2 Å². The van der Waals surface area contributed by atoms with E-state index in [0.717, 1.165) is 17.6 Å². The Morgan fingerprint density at radius 1 is 0.732 bits per heavy atom. The minimum atomic E-state index is -4.77. The molecule has 10 nitrogen and oxygen atoms in total. The number of aliphatic hydroxyl groups is 2. The van der Waals surface area contributed by atoms with Gasteiger partial charge >= 0.3 is 6.18 Å². The van der Waals surface area contributed by atoms with Gasteiger partial charge in [0.15, 0.2) is 12.3 Å². The quantitative estimate of drug-likeness (QED) is 0.304. The first kappa shape index (κ1) is 28.3. The maximum atomic E-state index is 14.7. The van der Waals surface area contributed by atoms with Gasteiger partial charge in [0, 0.05) is 43.6 Å². The standard InChI is InChI=1S/C26H25F5N8O2/c27-22(23(40)25(28)39-15-34-35-36-39)20-7-3-17(13-32-20)16-1-4-18(5-2-16)37-9-11-38(12-10-37)19-6-8-21(33-14-19)24(41)26(29,30)31/h1-8,13-15,22-25,40-41H,9-12H2. The van der Waals surface area contributed by atoms with Crippen LogP contribution < -0.4 is 9.80 Å². The Morgan fingerprint density at radius 3 is 1.85 bits per heavy atom. The average Bonchev–Trinajstić information content (AvgIpc) is 3.55. The lowest BCUT2D eigenvalue weighted by atomic mass is 10.0. The van der Waals surface area contributed by atoms with Crippen molar-refractivity contribution >= 4 is 11.4 Å². The van der Waals surface area contributed by atoms with Crippen LogP contribution in [0.2, 0.25) is 0 Å². The Labute approximate surface area is 230 Å². The van der Waals surface area contributed by atoms with Crippen molar-refractivity contribution in [2.75, 3.05) is 36.0 Å². The van der Waals surface area contributed by atoms with Gasteiger partial charge in [0.05, 0.1) is 23.3 Å². The van der Waals surface area contributed by atoms with Crippen LogP contribution in [-0.2, 0) is 0 Å². The molecule has 4 heterocycles. The first-order valence-electron chi connectivity index (χ1n) is 12.6. The number of aliphatic hydroxyl groups excluding tert-OH is 2. The summed E-state index contributed by atoms with van der Waals surface area (Å²) in [7, 11) is 0. The number of benzene rings is 1. The molecular weight excluding hydrogens is 551 g/mol. The van der Waals surface area contributed by atoms with Crippen molar-refractivity contribution in [3.05, 3.63) is 78.6 Å². The van der Waals surface area contributed by atoms with Crippen LogP contribution >= 0.6 is 0 Å². The molecule has 0 aliphatic carbocycles. The summed E-state index contributed by atoms with van der Waals surface area (Å²) in [6, 6.07) is 13.4.